The lowest BCUT2D eigenvalue weighted by Crippen LogP contribution is -2.13. The van der Waals surface area contributed by atoms with Crippen LogP contribution in [0.3, 0.4) is 0 Å². The van der Waals surface area contributed by atoms with Crippen LogP contribution in [0.4, 0.5) is 14.5 Å². The largest absolute Gasteiger partial charge is 0.387 e. The molecule has 19 heavy (non-hydrogen) atoms. The molecule has 1 atom stereocenters. The first-order chi connectivity index (χ1) is 9.08. The van der Waals surface area contributed by atoms with Crippen LogP contribution in [0.25, 0.3) is 0 Å². The second-order valence-corrected chi connectivity index (χ2v) is 4.45. The Bertz CT molecular complexity index is 540. The Morgan fingerprint density at radius 3 is 2.42 bits per heavy atom. The SMILES string of the molecule is OC(CNc1c(F)cccc1Cl)c1ccc(F)cc1. The standard InChI is InChI=1S/C14H12ClF2NO/c15-11-2-1-3-12(17)14(11)18-8-13(19)9-4-6-10(16)7-5-9/h1-7,13,18-19H,8H2. The number of aliphatic hydroxyl groups excluding tert-OH is 1. The van der Waals surface area contributed by atoms with E-state index in [4.69, 9.17) is 11.6 Å². The first kappa shape index (κ1) is 13.8. The third kappa shape index (κ3) is 3.43. The highest BCUT2D eigenvalue weighted by molar-refractivity contribution is 6.33. The lowest BCUT2D eigenvalue weighted by Gasteiger charge is -2.14. The van der Waals surface area contributed by atoms with E-state index >= 15 is 0 Å². The first-order valence-corrected chi connectivity index (χ1v) is 6.07. The molecule has 0 radical (unpaired) electrons. The van der Waals surface area contributed by atoms with Crippen molar-refractivity contribution in [3.05, 3.63) is 64.7 Å². The van der Waals surface area contributed by atoms with Crippen LogP contribution in [-0.2, 0) is 0 Å². The van der Waals surface area contributed by atoms with Gasteiger partial charge >= 0.3 is 0 Å². The summed E-state index contributed by atoms with van der Waals surface area (Å²) in [6, 6.07) is 9.80. The normalized spacial score (nSPS) is 12.2. The predicted molar refractivity (Wildman–Crippen MR) is 71.3 cm³/mol. The molecule has 0 aliphatic rings. The van der Waals surface area contributed by atoms with Gasteiger partial charge in [-0.3, -0.25) is 0 Å². The lowest BCUT2D eigenvalue weighted by atomic mass is 10.1. The van der Waals surface area contributed by atoms with Gasteiger partial charge in [0.1, 0.15) is 11.6 Å². The van der Waals surface area contributed by atoms with Crippen LogP contribution >= 0.6 is 11.6 Å². The van der Waals surface area contributed by atoms with E-state index in [9.17, 15) is 13.9 Å². The van der Waals surface area contributed by atoms with Crippen molar-refractivity contribution in [1.82, 2.24) is 0 Å². The van der Waals surface area contributed by atoms with Crippen LogP contribution < -0.4 is 5.32 Å². The highest BCUT2D eigenvalue weighted by Crippen LogP contribution is 2.25. The van der Waals surface area contributed by atoms with Gasteiger partial charge in [0.05, 0.1) is 16.8 Å². The molecule has 100 valence electrons. The minimum atomic E-state index is -0.878. The number of hydrogen-bond donors (Lipinski definition) is 2. The number of benzene rings is 2. The maximum absolute atomic E-state index is 13.5. The van der Waals surface area contributed by atoms with Gasteiger partial charge in [-0.15, -0.1) is 0 Å². The maximum Gasteiger partial charge on any atom is 0.147 e. The second-order valence-electron chi connectivity index (χ2n) is 4.04. The summed E-state index contributed by atoms with van der Waals surface area (Å²) in [6.07, 6.45) is -0.878. The molecular formula is C14H12ClF2NO. The van der Waals surface area contributed by atoms with Gasteiger partial charge in [0.25, 0.3) is 0 Å². The molecule has 0 heterocycles. The molecule has 1 unspecified atom stereocenters. The zero-order valence-corrected chi connectivity index (χ0v) is 10.7. The molecule has 2 aromatic rings. The molecule has 2 nitrogen and oxygen atoms in total. The number of aliphatic hydroxyl groups is 1. The third-order valence-corrected chi connectivity index (χ3v) is 3.00. The number of para-hydroxylation sites is 1. The lowest BCUT2D eigenvalue weighted by molar-refractivity contribution is 0.191. The molecule has 0 saturated carbocycles. The Morgan fingerprint density at radius 2 is 1.79 bits per heavy atom. The summed E-state index contributed by atoms with van der Waals surface area (Å²) in [5, 5.41) is 12.9. The van der Waals surface area contributed by atoms with E-state index in [1.807, 2.05) is 0 Å². The van der Waals surface area contributed by atoms with Crippen LogP contribution in [-0.4, -0.2) is 11.7 Å². The molecule has 0 spiro atoms. The van der Waals surface area contributed by atoms with Crippen molar-refractivity contribution in [2.45, 2.75) is 6.10 Å². The predicted octanol–water partition coefficient (Wildman–Crippen LogP) is 3.76. The average molecular weight is 284 g/mol. The fourth-order valence-electron chi connectivity index (χ4n) is 1.67. The van der Waals surface area contributed by atoms with Crippen molar-refractivity contribution >= 4 is 17.3 Å². The summed E-state index contributed by atoms with van der Waals surface area (Å²) in [4.78, 5) is 0. The van der Waals surface area contributed by atoms with Crippen molar-refractivity contribution < 1.29 is 13.9 Å². The molecule has 0 bridgehead atoms. The highest BCUT2D eigenvalue weighted by Gasteiger charge is 2.11. The molecule has 0 aliphatic heterocycles. The number of nitrogens with one attached hydrogen (secondary N) is 1. The fourth-order valence-corrected chi connectivity index (χ4v) is 1.90. The van der Waals surface area contributed by atoms with E-state index in [0.717, 1.165) is 0 Å². The van der Waals surface area contributed by atoms with Crippen LogP contribution in [0.15, 0.2) is 42.5 Å². The fraction of sp³-hybridized carbons (Fsp3) is 0.143. The first-order valence-electron chi connectivity index (χ1n) is 5.69. The summed E-state index contributed by atoms with van der Waals surface area (Å²) >= 11 is 5.85. The quantitative estimate of drug-likeness (QED) is 0.895. The topological polar surface area (TPSA) is 32.3 Å². The molecule has 0 aromatic heterocycles. The van der Waals surface area contributed by atoms with Crippen LogP contribution in [0.2, 0.25) is 5.02 Å². The van der Waals surface area contributed by atoms with E-state index < -0.39 is 11.9 Å². The summed E-state index contributed by atoms with van der Waals surface area (Å²) in [7, 11) is 0. The molecule has 2 N–H and O–H groups in total. The van der Waals surface area contributed by atoms with E-state index in [0.29, 0.717) is 5.56 Å². The van der Waals surface area contributed by atoms with E-state index in [1.165, 1.54) is 36.4 Å². The summed E-state index contributed by atoms with van der Waals surface area (Å²) in [5.74, 6) is -0.861. The molecule has 0 aliphatic carbocycles. The number of halogens is 3. The van der Waals surface area contributed by atoms with Crippen LogP contribution in [0.5, 0.6) is 0 Å². The van der Waals surface area contributed by atoms with Gasteiger partial charge in [-0.1, -0.05) is 29.8 Å². The molecule has 2 aromatic carbocycles. The zero-order chi connectivity index (χ0) is 13.8. The summed E-state index contributed by atoms with van der Waals surface area (Å²) in [5.41, 5.74) is 0.687. The highest BCUT2D eigenvalue weighted by atomic mass is 35.5. The Kier molecular flexibility index (Phi) is 4.35. The molecule has 0 amide bonds. The van der Waals surface area contributed by atoms with E-state index in [1.54, 1.807) is 6.07 Å². The van der Waals surface area contributed by atoms with Crippen molar-refractivity contribution in [1.29, 1.82) is 0 Å². The Hall–Kier alpha value is -1.65. The Balaban J connectivity index is 2.04. The van der Waals surface area contributed by atoms with Gasteiger partial charge in [0.2, 0.25) is 0 Å². The van der Waals surface area contributed by atoms with Crippen molar-refractivity contribution in [3.63, 3.8) is 0 Å². The van der Waals surface area contributed by atoms with Gasteiger partial charge in [-0.2, -0.15) is 0 Å². The average Bonchev–Trinajstić information content (AvgIpc) is 2.38. The van der Waals surface area contributed by atoms with Crippen molar-refractivity contribution in [2.75, 3.05) is 11.9 Å². The van der Waals surface area contributed by atoms with Gasteiger partial charge < -0.3 is 10.4 Å². The molecule has 5 heteroatoms. The maximum atomic E-state index is 13.5. The third-order valence-electron chi connectivity index (χ3n) is 2.69. The Morgan fingerprint density at radius 1 is 1.11 bits per heavy atom. The molecule has 2 rings (SSSR count). The van der Waals surface area contributed by atoms with Crippen molar-refractivity contribution in [3.8, 4) is 0 Å². The van der Waals surface area contributed by atoms with Crippen molar-refractivity contribution in [2.24, 2.45) is 0 Å². The van der Waals surface area contributed by atoms with E-state index in [-0.39, 0.29) is 23.1 Å². The molecule has 0 fully saturated rings. The minimum Gasteiger partial charge on any atom is -0.387 e. The van der Waals surface area contributed by atoms with Crippen LogP contribution in [0.1, 0.15) is 11.7 Å². The summed E-state index contributed by atoms with van der Waals surface area (Å²) < 4.78 is 26.2. The number of rotatable bonds is 4. The zero-order valence-electron chi connectivity index (χ0n) is 9.91. The number of anilines is 1. The van der Waals surface area contributed by atoms with Gasteiger partial charge in [0.15, 0.2) is 0 Å². The minimum absolute atomic E-state index is 0.0757. The van der Waals surface area contributed by atoms with E-state index in [2.05, 4.69) is 5.32 Å². The van der Waals surface area contributed by atoms with Gasteiger partial charge in [-0.05, 0) is 29.8 Å². The van der Waals surface area contributed by atoms with Crippen LogP contribution in [0, 0.1) is 11.6 Å². The molecule has 0 saturated heterocycles. The number of hydrogen-bond acceptors (Lipinski definition) is 2. The van der Waals surface area contributed by atoms with Gasteiger partial charge in [0, 0.05) is 6.54 Å². The smallest absolute Gasteiger partial charge is 0.147 e. The van der Waals surface area contributed by atoms with Gasteiger partial charge in [-0.25, -0.2) is 8.78 Å². The Labute approximate surface area is 114 Å². The second kappa shape index (κ2) is 5.99. The molecular weight excluding hydrogens is 272 g/mol. The summed E-state index contributed by atoms with van der Waals surface area (Å²) in [6.45, 7) is 0.0757. The monoisotopic (exact) mass is 283 g/mol.